The fourth-order valence-electron chi connectivity index (χ4n) is 2.20. The minimum absolute atomic E-state index is 0.0316. The summed E-state index contributed by atoms with van der Waals surface area (Å²) in [6.45, 7) is 0.580. The molecule has 0 spiro atoms. The molecule has 1 fully saturated rings. The molecular formula is C15H20O2. The molecule has 92 valence electrons. The molecule has 0 bridgehead atoms. The first-order chi connectivity index (χ1) is 8.36. The lowest BCUT2D eigenvalue weighted by molar-refractivity contribution is -0.0488. The van der Waals surface area contributed by atoms with E-state index < -0.39 is 0 Å². The van der Waals surface area contributed by atoms with Crippen LogP contribution in [-0.2, 0) is 4.74 Å². The van der Waals surface area contributed by atoms with E-state index in [0.717, 1.165) is 19.3 Å². The Morgan fingerprint density at radius 1 is 1.18 bits per heavy atom. The molecule has 0 heterocycles. The van der Waals surface area contributed by atoms with Crippen molar-refractivity contribution in [2.75, 3.05) is 6.61 Å². The first-order valence-corrected chi connectivity index (χ1v) is 6.37. The van der Waals surface area contributed by atoms with Crippen LogP contribution in [0.3, 0.4) is 0 Å². The Bertz CT molecular complexity index is 345. The van der Waals surface area contributed by atoms with Crippen molar-refractivity contribution < 1.29 is 9.84 Å². The summed E-state index contributed by atoms with van der Waals surface area (Å²) in [4.78, 5) is 0. The zero-order valence-corrected chi connectivity index (χ0v) is 10.1. The van der Waals surface area contributed by atoms with E-state index in [1.165, 1.54) is 12.0 Å². The highest BCUT2D eigenvalue weighted by molar-refractivity contribution is 5.48. The monoisotopic (exact) mass is 232 g/mol. The molecule has 1 N–H and O–H groups in total. The highest BCUT2D eigenvalue weighted by Gasteiger charge is 2.22. The summed E-state index contributed by atoms with van der Waals surface area (Å²) in [5, 5.41) is 9.74. The maximum Gasteiger partial charge on any atom is 0.0838 e. The van der Waals surface area contributed by atoms with Crippen molar-refractivity contribution in [3.05, 3.63) is 42.0 Å². The molecule has 0 radical (unpaired) electrons. The number of aliphatic hydroxyl groups is 1. The SMILES string of the molecule is O[C@H]1CCCC[C@@H]1OC/C=C/c1ccccc1. The summed E-state index contributed by atoms with van der Waals surface area (Å²) in [5.41, 5.74) is 1.18. The number of aliphatic hydroxyl groups excluding tert-OH is 1. The fourth-order valence-corrected chi connectivity index (χ4v) is 2.20. The van der Waals surface area contributed by atoms with Crippen molar-refractivity contribution in [1.29, 1.82) is 0 Å². The van der Waals surface area contributed by atoms with Gasteiger partial charge in [-0.05, 0) is 18.4 Å². The Hall–Kier alpha value is -1.12. The van der Waals surface area contributed by atoms with Crippen LogP contribution in [-0.4, -0.2) is 23.9 Å². The first kappa shape index (κ1) is 12.3. The van der Waals surface area contributed by atoms with Crippen LogP contribution in [0.25, 0.3) is 6.08 Å². The van der Waals surface area contributed by atoms with Crippen LogP contribution in [0.4, 0.5) is 0 Å². The summed E-state index contributed by atoms with van der Waals surface area (Å²) in [6, 6.07) is 10.2. The second-order valence-corrected chi connectivity index (χ2v) is 4.54. The van der Waals surface area contributed by atoms with Gasteiger partial charge in [-0.2, -0.15) is 0 Å². The molecule has 0 aliphatic heterocycles. The minimum atomic E-state index is -0.270. The number of hydrogen-bond acceptors (Lipinski definition) is 2. The summed E-state index contributed by atoms with van der Waals surface area (Å²) >= 11 is 0. The van der Waals surface area contributed by atoms with Crippen LogP contribution in [0, 0.1) is 0 Å². The molecule has 0 saturated heterocycles. The minimum Gasteiger partial charge on any atom is -0.390 e. The summed E-state index contributed by atoms with van der Waals surface area (Å²) in [7, 11) is 0. The largest absolute Gasteiger partial charge is 0.390 e. The lowest BCUT2D eigenvalue weighted by atomic mass is 9.95. The topological polar surface area (TPSA) is 29.5 Å². The highest BCUT2D eigenvalue weighted by atomic mass is 16.5. The van der Waals surface area contributed by atoms with E-state index in [-0.39, 0.29) is 12.2 Å². The Kier molecular flexibility index (Phi) is 4.77. The third kappa shape index (κ3) is 3.99. The van der Waals surface area contributed by atoms with Crippen LogP contribution in [0.15, 0.2) is 36.4 Å². The van der Waals surface area contributed by atoms with Gasteiger partial charge in [0.1, 0.15) is 0 Å². The molecule has 2 nitrogen and oxygen atoms in total. The van der Waals surface area contributed by atoms with Crippen LogP contribution >= 0.6 is 0 Å². The Morgan fingerprint density at radius 3 is 2.71 bits per heavy atom. The average Bonchev–Trinajstić information content (AvgIpc) is 2.38. The normalized spacial score (nSPS) is 25.2. The third-order valence-corrected chi connectivity index (χ3v) is 3.18. The van der Waals surface area contributed by atoms with Crippen LogP contribution in [0.2, 0.25) is 0 Å². The average molecular weight is 232 g/mol. The van der Waals surface area contributed by atoms with E-state index in [2.05, 4.69) is 18.2 Å². The molecule has 0 aromatic heterocycles. The molecule has 2 atom stereocenters. The third-order valence-electron chi connectivity index (χ3n) is 3.18. The van der Waals surface area contributed by atoms with E-state index in [0.29, 0.717) is 6.61 Å². The van der Waals surface area contributed by atoms with Crippen molar-refractivity contribution in [3.63, 3.8) is 0 Å². The van der Waals surface area contributed by atoms with E-state index in [1.807, 2.05) is 24.3 Å². The number of hydrogen-bond donors (Lipinski definition) is 1. The summed E-state index contributed by atoms with van der Waals surface area (Å²) < 4.78 is 5.68. The van der Waals surface area contributed by atoms with Gasteiger partial charge in [-0.1, -0.05) is 55.3 Å². The van der Waals surface area contributed by atoms with Gasteiger partial charge in [0.25, 0.3) is 0 Å². The molecule has 17 heavy (non-hydrogen) atoms. The predicted octanol–water partition coefficient (Wildman–Crippen LogP) is 3.02. The highest BCUT2D eigenvalue weighted by Crippen LogP contribution is 2.20. The van der Waals surface area contributed by atoms with Crippen molar-refractivity contribution in [1.82, 2.24) is 0 Å². The zero-order valence-electron chi connectivity index (χ0n) is 10.1. The smallest absolute Gasteiger partial charge is 0.0838 e. The standard InChI is InChI=1S/C15H20O2/c16-14-10-4-5-11-15(14)17-12-6-9-13-7-2-1-3-8-13/h1-3,6-9,14-16H,4-5,10-12H2/b9-6+/t14-,15-/m0/s1. The number of benzene rings is 1. The predicted molar refractivity (Wildman–Crippen MR) is 69.7 cm³/mol. The lowest BCUT2D eigenvalue weighted by Crippen LogP contribution is -2.32. The van der Waals surface area contributed by atoms with Gasteiger partial charge in [-0.15, -0.1) is 0 Å². The molecule has 1 aliphatic rings. The summed E-state index contributed by atoms with van der Waals surface area (Å²) in [5.74, 6) is 0. The van der Waals surface area contributed by atoms with E-state index >= 15 is 0 Å². The van der Waals surface area contributed by atoms with Crippen LogP contribution < -0.4 is 0 Å². The Labute approximate surface area is 103 Å². The second-order valence-electron chi connectivity index (χ2n) is 4.54. The Morgan fingerprint density at radius 2 is 1.94 bits per heavy atom. The quantitative estimate of drug-likeness (QED) is 0.864. The van der Waals surface area contributed by atoms with Crippen molar-refractivity contribution in [3.8, 4) is 0 Å². The molecular weight excluding hydrogens is 212 g/mol. The molecule has 0 unspecified atom stereocenters. The zero-order chi connectivity index (χ0) is 11.9. The maximum absolute atomic E-state index is 9.74. The maximum atomic E-state index is 9.74. The molecule has 0 amide bonds. The fraction of sp³-hybridized carbons (Fsp3) is 0.467. The van der Waals surface area contributed by atoms with E-state index in [9.17, 15) is 5.11 Å². The molecule has 1 saturated carbocycles. The van der Waals surface area contributed by atoms with Gasteiger partial charge in [0.2, 0.25) is 0 Å². The molecule has 1 aromatic carbocycles. The van der Waals surface area contributed by atoms with Gasteiger partial charge in [0.15, 0.2) is 0 Å². The lowest BCUT2D eigenvalue weighted by Gasteiger charge is -2.27. The van der Waals surface area contributed by atoms with Gasteiger partial charge >= 0.3 is 0 Å². The summed E-state index contributed by atoms with van der Waals surface area (Å²) in [6.07, 6.45) is 7.99. The van der Waals surface area contributed by atoms with E-state index in [1.54, 1.807) is 0 Å². The Balaban J connectivity index is 1.73. The van der Waals surface area contributed by atoms with Gasteiger partial charge in [-0.25, -0.2) is 0 Å². The number of ether oxygens (including phenoxy) is 1. The van der Waals surface area contributed by atoms with Gasteiger partial charge < -0.3 is 9.84 Å². The van der Waals surface area contributed by atoms with Gasteiger partial charge in [-0.3, -0.25) is 0 Å². The van der Waals surface area contributed by atoms with E-state index in [4.69, 9.17) is 4.74 Å². The molecule has 1 aromatic rings. The van der Waals surface area contributed by atoms with Crippen molar-refractivity contribution >= 4 is 6.08 Å². The molecule has 2 rings (SSSR count). The van der Waals surface area contributed by atoms with Crippen molar-refractivity contribution in [2.45, 2.75) is 37.9 Å². The van der Waals surface area contributed by atoms with Crippen molar-refractivity contribution in [2.24, 2.45) is 0 Å². The van der Waals surface area contributed by atoms with Crippen LogP contribution in [0.1, 0.15) is 31.2 Å². The van der Waals surface area contributed by atoms with Crippen LogP contribution in [0.5, 0.6) is 0 Å². The first-order valence-electron chi connectivity index (χ1n) is 6.37. The van der Waals surface area contributed by atoms with Gasteiger partial charge in [0, 0.05) is 0 Å². The molecule has 1 aliphatic carbocycles. The second kappa shape index (κ2) is 6.58. The molecule has 2 heteroatoms. The van der Waals surface area contributed by atoms with Gasteiger partial charge in [0.05, 0.1) is 18.8 Å². The number of rotatable bonds is 4.